The highest BCUT2D eigenvalue weighted by Crippen LogP contribution is 2.28. The number of ether oxygens (including phenoxy) is 2. The third-order valence-corrected chi connectivity index (χ3v) is 5.11. The first-order valence-electron chi connectivity index (χ1n) is 9.85. The van der Waals surface area contributed by atoms with Gasteiger partial charge in [0.05, 0.1) is 25.2 Å². The van der Waals surface area contributed by atoms with E-state index < -0.39 is 12.2 Å². The summed E-state index contributed by atoms with van der Waals surface area (Å²) in [4.78, 5) is 23.8. The molecule has 172 valence electrons. The van der Waals surface area contributed by atoms with Crippen molar-refractivity contribution < 1.29 is 29.3 Å². The van der Waals surface area contributed by atoms with E-state index in [0.29, 0.717) is 34.8 Å². The third kappa shape index (κ3) is 8.24. The number of amides is 2. The summed E-state index contributed by atoms with van der Waals surface area (Å²) in [5.74, 6) is 12.0. The molecule has 0 heterocycles. The highest BCUT2D eigenvalue weighted by molar-refractivity contribution is 7.95. The molecule has 2 amide bonds. The summed E-state index contributed by atoms with van der Waals surface area (Å²) in [5.41, 5.74) is 1.16. The summed E-state index contributed by atoms with van der Waals surface area (Å²) in [6.07, 6.45) is -2.59. The lowest BCUT2D eigenvalue weighted by Crippen LogP contribution is -2.31. The largest absolute Gasteiger partial charge is 0.481 e. The minimum absolute atomic E-state index is 0.0935. The maximum atomic E-state index is 11.9. The van der Waals surface area contributed by atoms with E-state index >= 15 is 0 Å². The van der Waals surface area contributed by atoms with E-state index in [1.54, 1.807) is 62.4 Å². The van der Waals surface area contributed by atoms with Crippen LogP contribution >= 0.6 is 12.1 Å². The van der Waals surface area contributed by atoms with Crippen molar-refractivity contribution in [1.82, 2.24) is 8.61 Å². The molecule has 2 aromatic rings. The quantitative estimate of drug-likeness (QED) is 0.385. The smallest absolute Gasteiger partial charge is 0.419 e. The predicted octanol–water partition coefficient (Wildman–Crippen LogP) is 4.71. The number of hydrogen-bond acceptors (Lipinski definition) is 5. The van der Waals surface area contributed by atoms with Crippen LogP contribution in [0.25, 0.3) is 0 Å². The van der Waals surface area contributed by atoms with Crippen LogP contribution < -0.4 is 9.47 Å². The highest BCUT2D eigenvalue weighted by Gasteiger charge is 2.24. The van der Waals surface area contributed by atoms with Crippen molar-refractivity contribution in [1.29, 1.82) is 0 Å². The third-order valence-electron chi connectivity index (χ3n) is 4.15. The molecule has 0 fully saturated rings. The topological polar surface area (TPSA) is 99.5 Å². The molecule has 0 saturated heterocycles. The molecular formula is C24H24N2O6S. The van der Waals surface area contributed by atoms with Gasteiger partial charge in [0.25, 0.3) is 0 Å². The lowest BCUT2D eigenvalue weighted by Gasteiger charge is -2.25. The average Bonchev–Trinajstić information content (AvgIpc) is 2.80. The summed E-state index contributed by atoms with van der Waals surface area (Å²) in [6.45, 7) is 3.52. The van der Waals surface area contributed by atoms with Gasteiger partial charge in [-0.15, -0.1) is 11.8 Å². The fraction of sp³-hybridized carbons (Fsp3) is 0.250. The van der Waals surface area contributed by atoms with Gasteiger partial charge in [-0.2, -0.15) is 0 Å². The fourth-order valence-electron chi connectivity index (χ4n) is 2.61. The maximum Gasteiger partial charge on any atom is 0.419 e. The molecule has 0 saturated carbocycles. The molecule has 33 heavy (non-hydrogen) atoms. The van der Waals surface area contributed by atoms with Gasteiger partial charge in [-0.25, -0.2) is 18.2 Å². The Balaban J connectivity index is 2.19. The second-order valence-corrected chi connectivity index (χ2v) is 7.41. The Morgan fingerprint density at radius 2 is 1.18 bits per heavy atom. The number of para-hydroxylation sites is 2. The summed E-state index contributed by atoms with van der Waals surface area (Å²) >= 11 is 0.570. The van der Waals surface area contributed by atoms with Crippen molar-refractivity contribution in [2.75, 3.05) is 13.2 Å². The summed E-state index contributed by atoms with van der Waals surface area (Å²) in [6, 6.07) is 13.9. The number of nitrogens with zero attached hydrogens (tertiary/aromatic N) is 2. The molecule has 0 aliphatic carbocycles. The molecule has 2 aromatic carbocycles. The number of benzene rings is 2. The maximum absolute atomic E-state index is 11.9. The van der Waals surface area contributed by atoms with E-state index in [2.05, 4.69) is 23.7 Å². The lowest BCUT2D eigenvalue weighted by molar-refractivity contribution is 0.166. The lowest BCUT2D eigenvalue weighted by atomic mass is 10.2. The molecule has 2 N–H and O–H groups in total. The van der Waals surface area contributed by atoms with Crippen LogP contribution in [0.2, 0.25) is 0 Å². The summed E-state index contributed by atoms with van der Waals surface area (Å²) in [5, 5.41) is 19.4. The first-order valence-corrected chi connectivity index (χ1v) is 10.6. The van der Waals surface area contributed by atoms with Crippen molar-refractivity contribution in [3.63, 3.8) is 0 Å². The Bertz CT molecular complexity index is 998. The van der Waals surface area contributed by atoms with Crippen LogP contribution in [0.1, 0.15) is 25.0 Å². The molecule has 9 heteroatoms. The molecule has 0 radical (unpaired) electrons. The van der Waals surface area contributed by atoms with Gasteiger partial charge >= 0.3 is 12.2 Å². The fourth-order valence-corrected chi connectivity index (χ4v) is 3.39. The van der Waals surface area contributed by atoms with Gasteiger partial charge in [0.1, 0.15) is 24.7 Å². The van der Waals surface area contributed by atoms with Crippen LogP contribution in [-0.4, -0.2) is 44.2 Å². The Morgan fingerprint density at radius 1 is 0.788 bits per heavy atom. The van der Waals surface area contributed by atoms with Crippen LogP contribution in [-0.2, 0) is 13.1 Å². The molecular weight excluding hydrogens is 444 g/mol. The molecule has 0 spiro atoms. The first-order chi connectivity index (χ1) is 16.0. The Hall–Kier alpha value is -3.95. The SMILES string of the molecule is CC#CCOc1ccccc1CN(SN(Cc1ccccc1OCC#CC)C(=O)O)C(=O)O. The van der Waals surface area contributed by atoms with Crippen LogP contribution in [0.5, 0.6) is 11.5 Å². The number of carboxylic acid groups (broad SMARTS) is 2. The van der Waals surface area contributed by atoms with Crippen LogP contribution in [0.3, 0.4) is 0 Å². The second kappa shape index (κ2) is 13.5. The number of rotatable bonds is 10. The minimum atomic E-state index is -1.29. The van der Waals surface area contributed by atoms with Gasteiger partial charge in [-0.3, -0.25) is 0 Å². The molecule has 2 rings (SSSR count). The Morgan fingerprint density at radius 3 is 1.55 bits per heavy atom. The van der Waals surface area contributed by atoms with E-state index in [1.165, 1.54) is 0 Å². The number of carbonyl (C=O) groups is 2. The number of hydrogen-bond donors (Lipinski definition) is 2. The van der Waals surface area contributed by atoms with E-state index in [-0.39, 0.29) is 26.3 Å². The molecule has 0 bridgehead atoms. The van der Waals surface area contributed by atoms with Gasteiger partial charge in [-0.05, 0) is 26.0 Å². The molecule has 8 nitrogen and oxygen atoms in total. The zero-order valence-corrected chi connectivity index (χ0v) is 19.1. The minimum Gasteiger partial charge on any atom is -0.481 e. The molecule has 0 atom stereocenters. The van der Waals surface area contributed by atoms with Crippen LogP contribution in [0.4, 0.5) is 9.59 Å². The Labute approximate surface area is 197 Å². The molecule has 0 aliphatic rings. The van der Waals surface area contributed by atoms with Crippen molar-refractivity contribution in [2.45, 2.75) is 26.9 Å². The monoisotopic (exact) mass is 468 g/mol. The van der Waals surface area contributed by atoms with Gasteiger partial charge in [0, 0.05) is 11.1 Å². The average molecular weight is 469 g/mol. The highest BCUT2D eigenvalue weighted by atomic mass is 32.2. The summed E-state index contributed by atoms with van der Waals surface area (Å²) in [7, 11) is 0. The zero-order chi connectivity index (χ0) is 24.1. The van der Waals surface area contributed by atoms with Crippen molar-refractivity contribution in [2.24, 2.45) is 0 Å². The first kappa shape index (κ1) is 25.3. The van der Waals surface area contributed by atoms with Crippen LogP contribution in [0, 0.1) is 23.7 Å². The van der Waals surface area contributed by atoms with Crippen molar-refractivity contribution in [3.8, 4) is 35.2 Å². The van der Waals surface area contributed by atoms with Gasteiger partial charge < -0.3 is 19.7 Å². The standard InChI is InChI=1S/C24H24N2O6S/c1-3-5-15-31-21-13-9-7-11-19(21)17-25(23(27)28)33-26(24(29)30)18-20-12-8-10-14-22(20)32-16-6-4-2/h7-14H,15-18H2,1-2H3,(H,27,28)(H,29,30). The summed E-state index contributed by atoms with van der Waals surface area (Å²) < 4.78 is 13.1. The molecule has 0 aromatic heterocycles. The predicted molar refractivity (Wildman–Crippen MR) is 126 cm³/mol. The molecule has 0 unspecified atom stereocenters. The van der Waals surface area contributed by atoms with E-state index in [0.717, 1.165) is 8.61 Å². The second-order valence-electron chi connectivity index (χ2n) is 6.37. The van der Waals surface area contributed by atoms with Crippen molar-refractivity contribution >= 4 is 24.3 Å². The van der Waals surface area contributed by atoms with Gasteiger partial charge in [0.2, 0.25) is 0 Å². The van der Waals surface area contributed by atoms with E-state index in [9.17, 15) is 19.8 Å². The van der Waals surface area contributed by atoms with Gasteiger partial charge in [0.15, 0.2) is 0 Å². The van der Waals surface area contributed by atoms with E-state index in [4.69, 9.17) is 9.47 Å². The van der Waals surface area contributed by atoms with E-state index in [1.807, 2.05) is 0 Å². The van der Waals surface area contributed by atoms with Crippen LogP contribution in [0.15, 0.2) is 48.5 Å². The normalized spacial score (nSPS) is 9.52. The zero-order valence-electron chi connectivity index (χ0n) is 18.3. The van der Waals surface area contributed by atoms with Gasteiger partial charge in [-0.1, -0.05) is 48.2 Å². The molecule has 0 aliphatic heterocycles. The van der Waals surface area contributed by atoms with Crippen molar-refractivity contribution in [3.05, 3.63) is 59.7 Å². The Kier molecular flexibility index (Phi) is 10.3.